The van der Waals surface area contributed by atoms with E-state index in [0.29, 0.717) is 24.8 Å². The largest absolute Gasteiger partial charge is 0.294 e. The van der Waals surface area contributed by atoms with Gasteiger partial charge < -0.3 is 0 Å². The minimum atomic E-state index is -1.86. The van der Waals surface area contributed by atoms with Crippen molar-refractivity contribution in [2.45, 2.75) is 25.7 Å². The number of halogens is 2. The number of nitrogens with zero attached hydrogens (tertiary/aromatic N) is 1. The molecule has 0 aliphatic rings. The van der Waals surface area contributed by atoms with E-state index in [2.05, 4.69) is 0 Å². The SMILES string of the molecule is O=S(O)N(CCCCCl)CCCCCl. The maximum atomic E-state index is 10.9. The van der Waals surface area contributed by atoms with Gasteiger partial charge in [-0.2, -0.15) is 0 Å². The highest BCUT2D eigenvalue weighted by Gasteiger charge is 2.09. The van der Waals surface area contributed by atoms with E-state index in [1.165, 1.54) is 0 Å². The third kappa shape index (κ3) is 8.00. The minimum absolute atomic E-state index is 0.605. The van der Waals surface area contributed by atoms with Crippen molar-refractivity contribution in [3.63, 3.8) is 0 Å². The van der Waals surface area contributed by atoms with Crippen LogP contribution in [0.3, 0.4) is 0 Å². The third-order valence-corrected chi connectivity index (χ3v) is 3.14. The van der Waals surface area contributed by atoms with Gasteiger partial charge >= 0.3 is 0 Å². The van der Waals surface area contributed by atoms with Crippen molar-refractivity contribution in [3.05, 3.63) is 0 Å². The second kappa shape index (κ2) is 10.2. The van der Waals surface area contributed by atoms with E-state index in [-0.39, 0.29) is 0 Å². The number of unbranched alkanes of at least 4 members (excludes halogenated alkanes) is 2. The number of hydrogen-bond acceptors (Lipinski definition) is 1. The molecule has 0 rings (SSSR count). The fraction of sp³-hybridized carbons (Fsp3) is 1.00. The third-order valence-electron chi connectivity index (χ3n) is 1.80. The lowest BCUT2D eigenvalue weighted by Gasteiger charge is -2.16. The molecule has 14 heavy (non-hydrogen) atoms. The van der Waals surface area contributed by atoms with Crippen LogP contribution in [0.5, 0.6) is 0 Å². The average molecular weight is 262 g/mol. The first-order valence-corrected chi connectivity index (χ1v) is 6.83. The van der Waals surface area contributed by atoms with Crippen molar-refractivity contribution in [3.8, 4) is 0 Å². The number of rotatable bonds is 9. The summed E-state index contributed by atoms with van der Waals surface area (Å²) in [6.07, 6.45) is 3.48. The van der Waals surface area contributed by atoms with Gasteiger partial charge in [0.15, 0.2) is 0 Å². The maximum Gasteiger partial charge on any atom is 0.234 e. The smallest absolute Gasteiger partial charge is 0.234 e. The summed E-state index contributed by atoms with van der Waals surface area (Å²) < 4.78 is 21.3. The lowest BCUT2D eigenvalue weighted by atomic mass is 10.3. The zero-order valence-electron chi connectivity index (χ0n) is 8.12. The molecular formula is C8H17Cl2NO2S. The molecule has 0 heterocycles. The van der Waals surface area contributed by atoms with E-state index < -0.39 is 11.3 Å². The van der Waals surface area contributed by atoms with Crippen LogP contribution in [0.2, 0.25) is 0 Å². The molecule has 0 radical (unpaired) electrons. The molecule has 1 atom stereocenters. The van der Waals surface area contributed by atoms with Gasteiger partial charge in [-0.25, -0.2) is 8.51 Å². The molecule has 0 bridgehead atoms. The van der Waals surface area contributed by atoms with E-state index >= 15 is 0 Å². The van der Waals surface area contributed by atoms with Gasteiger partial charge in [0.25, 0.3) is 0 Å². The summed E-state index contributed by atoms with van der Waals surface area (Å²) in [6.45, 7) is 1.25. The van der Waals surface area contributed by atoms with Crippen LogP contribution in [0.25, 0.3) is 0 Å². The van der Waals surface area contributed by atoms with Gasteiger partial charge in [-0.3, -0.25) is 4.55 Å². The summed E-state index contributed by atoms with van der Waals surface area (Å²) in [5, 5.41) is 0. The molecule has 1 unspecified atom stereocenters. The summed E-state index contributed by atoms with van der Waals surface area (Å²) in [5.41, 5.74) is 0. The summed E-state index contributed by atoms with van der Waals surface area (Å²) in [4.78, 5) is 0. The van der Waals surface area contributed by atoms with E-state index in [1.807, 2.05) is 0 Å². The zero-order valence-corrected chi connectivity index (χ0v) is 10.5. The molecule has 0 aromatic carbocycles. The summed E-state index contributed by atoms with van der Waals surface area (Å²) in [7, 11) is 0. The molecule has 1 N–H and O–H groups in total. The Morgan fingerprint density at radius 3 is 1.71 bits per heavy atom. The van der Waals surface area contributed by atoms with E-state index in [4.69, 9.17) is 27.8 Å². The first-order chi connectivity index (χ1) is 6.72. The lowest BCUT2D eigenvalue weighted by Crippen LogP contribution is -2.28. The van der Waals surface area contributed by atoms with Crippen LogP contribution in [0, 0.1) is 0 Å². The van der Waals surface area contributed by atoms with Crippen LogP contribution in [0.1, 0.15) is 25.7 Å². The first-order valence-electron chi connectivity index (χ1n) is 4.70. The second-order valence-electron chi connectivity index (χ2n) is 2.95. The minimum Gasteiger partial charge on any atom is -0.294 e. The Bertz CT molecular complexity index is 150. The van der Waals surface area contributed by atoms with Crippen molar-refractivity contribution < 1.29 is 8.76 Å². The van der Waals surface area contributed by atoms with Crippen LogP contribution >= 0.6 is 23.2 Å². The molecule has 6 heteroatoms. The number of alkyl halides is 2. The van der Waals surface area contributed by atoms with Gasteiger partial charge in [-0.1, -0.05) is 0 Å². The molecule has 3 nitrogen and oxygen atoms in total. The second-order valence-corrected chi connectivity index (χ2v) is 4.69. The normalized spacial score (nSPS) is 13.4. The van der Waals surface area contributed by atoms with Crippen LogP contribution in [0.4, 0.5) is 0 Å². The molecular weight excluding hydrogens is 245 g/mol. The summed E-state index contributed by atoms with van der Waals surface area (Å²) in [5.74, 6) is 1.21. The molecule has 0 aliphatic heterocycles. The molecule has 0 amide bonds. The molecule has 0 aromatic heterocycles. The number of hydrogen-bond donors (Lipinski definition) is 1. The van der Waals surface area contributed by atoms with E-state index in [9.17, 15) is 4.21 Å². The van der Waals surface area contributed by atoms with Crippen LogP contribution in [-0.4, -0.2) is 37.9 Å². The predicted octanol–water partition coefficient (Wildman–Crippen LogP) is 2.46. The summed E-state index contributed by atoms with van der Waals surface area (Å²) in [6, 6.07) is 0. The van der Waals surface area contributed by atoms with Gasteiger partial charge in [-0.15, -0.1) is 23.2 Å². The molecule has 86 valence electrons. The van der Waals surface area contributed by atoms with Crippen molar-refractivity contribution in [1.82, 2.24) is 4.31 Å². The molecule has 0 saturated heterocycles. The van der Waals surface area contributed by atoms with Gasteiger partial charge in [0.1, 0.15) is 0 Å². The zero-order chi connectivity index (χ0) is 10.8. The highest BCUT2D eigenvalue weighted by atomic mass is 35.5. The topological polar surface area (TPSA) is 40.5 Å². The fourth-order valence-corrected chi connectivity index (χ4v) is 1.98. The maximum absolute atomic E-state index is 10.9. The average Bonchev–Trinajstić information content (AvgIpc) is 2.15. The monoisotopic (exact) mass is 261 g/mol. The van der Waals surface area contributed by atoms with Crippen LogP contribution < -0.4 is 0 Å². The van der Waals surface area contributed by atoms with Crippen molar-refractivity contribution in [2.24, 2.45) is 0 Å². The Labute approximate surface area is 98.2 Å². The molecule has 0 fully saturated rings. The van der Waals surface area contributed by atoms with Gasteiger partial charge in [0.05, 0.1) is 0 Å². The van der Waals surface area contributed by atoms with Crippen LogP contribution in [-0.2, 0) is 11.3 Å². The van der Waals surface area contributed by atoms with Crippen molar-refractivity contribution in [1.29, 1.82) is 0 Å². The predicted molar refractivity (Wildman–Crippen MR) is 62.3 cm³/mol. The Morgan fingerprint density at radius 1 is 1.00 bits per heavy atom. The molecule has 0 spiro atoms. The van der Waals surface area contributed by atoms with Crippen molar-refractivity contribution >= 4 is 34.5 Å². The Morgan fingerprint density at radius 2 is 1.43 bits per heavy atom. The standard InChI is InChI=1S/C8H17Cl2NO2S/c9-5-1-3-7-11(14(12)13)8-4-2-6-10/h1-8H2,(H,12,13). The van der Waals surface area contributed by atoms with E-state index in [1.54, 1.807) is 4.31 Å². The van der Waals surface area contributed by atoms with Gasteiger partial charge in [0, 0.05) is 24.8 Å². The quantitative estimate of drug-likeness (QED) is 0.394. The molecule has 0 aliphatic carbocycles. The Hall–Kier alpha value is 0.650. The van der Waals surface area contributed by atoms with Crippen LogP contribution in [0.15, 0.2) is 0 Å². The summed E-state index contributed by atoms with van der Waals surface area (Å²) >= 11 is 9.17. The highest BCUT2D eigenvalue weighted by Crippen LogP contribution is 2.02. The highest BCUT2D eigenvalue weighted by molar-refractivity contribution is 7.76. The van der Waals surface area contributed by atoms with Gasteiger partial charge in [0.2, 0.25) is 11.3 Å². The molecule has 0 saturated carbocycles. The lowest BCUT2D eigenvalue weighted by molar-refractivity contribution is 0.383. The van der Waals surface area contributed by atoms with Gasteiger partial charge in [-0.05, 0) is 25.7 Å². The van der Waals surface area contributed by atoms with E-state index in [0.717, 1.165) is 25.7 Å². The fourth-order valence-electron chi connectivity index (χ4n) is 1.03. The molecule has 0 aromatic rings. The van der Waals surface area contributed by atoms with Crippen molar-refractivity contribution in [2.75, 3.05) is 24.8 Å². The first kappa shape index (κ1) is 14.6. The Kier molecular flexibility index (Phi) is 10.6. The Balaban J connectivity index is 3.61.